The number of dihydropyridines is 1. The second kappa shape index (κ2) is 6.68. The highest BCUT2D eigenvalue weighted by molar-refractivity contribution is 6.30. The van der Waals surface area contributed by atoms with Crippen LogP contribution in [0.2, 0.25) is 5.02 Å². The van der Waals surface area contributed by atoms with Crippen LogP contribution in [-0.2, 0) is 4.79 Å². The van der Waals surface area contributed by atoms with Crippen LogP contribution < -0.4 is 5.32 Å². The standard InChI is InChI=1S/C23H21ClN2O2/c1-13-16(12-25)21(22-17(26-13)10-23(2,3)11-18(22)27)20-8-7-19(28-20)14-5-4-6-15(24)9-14/h4-9,21,26H,10-11H2,1-3H3/t21-/m0/s1. The SMILES string of the molecule is CC1=C(C#N)[C@@H](c2ccc(-c3cccc(Cl)c3)o2)C2=C(CC(C)(C)CC2=O)N1. The van der Waals surface area contributed by atoms with Crippen molar-refractivity contribution in [3.63, 3.8) is 0 Å². The van der Waals surface area contributed by atoms with Gasteiger partial charge in [-0.15, -0.1) is 0 Å². The van der Waals surface area contributed by atoms with E-state index in [1.165, 1.54) is 0 Å². The molecule has 28 heavy (non-hydrogen) atoms. The van der Waals surface area contributed by atoms with Crippen LogP contribution in [0.3, 0.4) is 0 Å². The van der Waals surface area contributed by atoms with Gasteiger partial charge < -0.3 is 9.73 Å². The van der Waals surface area contributed by atoms with E-state index in [0.29, 0.717) is 34.1 Å². The lowest BCUT2D eigenvalue weighted by Gasteiger charge is -2.38. The molecule has 1 aromatic heterocycles. The average Bonchev–Trinajstić information content (AvgIpc) is 3.09. The van der Waals surface area contributed by atoms with Gasteiger partial charge in [-0.3, -0.25) is 4.79 Å². The molecule has 0 fully saturated rings. The largest absolute Gasteiger partial charge is 0.460 e. The van der Waals surface area contributed by atoms with Crippen molar-refractivity contribution >= 4 is 17.4 Å². The van der Waals surface area contributed by atoms with Crippen LogP contribution in [0.15, 0.2) is 63.4 Å². The van der Waals surface area contributed by atoms with Crippen LogP contribution in [-0.4, -0.2) is 5.78 Å². The van der Waals surface area contributed by atoms with Gasteiger partial charge in [-0.25, -0.2) is 0 Å². The first-order chi connectivity index (χ1) is 13.3. The molecular formula is C23H21ClN2O2. The lowest BCUT2D eigenvalue weighted by molar-refractivity contribution is -0.118. The maximum Gasteiger partial charge on any atom is 0.162 e. The van der Waals surface area contributed by atoms with Crippen molar-refractivity contribution in [1.82, 2.24) is 5.32 Å². The van der Waals surface area contributed by atoms with Crippen molar-refractivity contribution < 1.29 is 9.21 Å². The topological polar surface area (TPSA) is 66.0 Å². The lowest BCUT2D eigenvalue weighted by Crippen LogP contribution is -2.36. The molecule has 0 saturated carbocycles. The van der Waals surface area contributed by atoms with E-state index in [1.54, 1.807) is 6.07 Å². The van der Waals surface area contributed by atoms with Crippen molar-refractivity contribution in [1.29, 1.82) is 5.26 Å². The number of carbonyl (C=O) groups is 1. The Morgan fingerprint density at radius 2 is 2.04 bits per heavy atom. The van der Waals surface area contributed by atoms with Crippen LogP contribution in [0, 0.1) is 16.7 Å². The summed E-state index contributed by atoms with van der Waals surface area (Å²) in [5, 5.41) is 13.7. The number of nitrogens with zero attached hydrogens (tertiary/aromatic N) is 1. The number of allylic oxidation sites excluding steroid dienone is 4. The molecule has 1 aromatic carbocycles. The fourth-order valence-electron chi connectivity index (χ4n) is 4.17. The molecule has 0 unspecified atom stereocenters. The second-order valence-electron chi connectivity index (χ2n) is 8.25. The first kappa shape index (κ1) is 18.6. The van der Waals surface area contributed by atoms with Crippen molar-refractivity contribution in [2.75, 3.05) is 0 Å². The van der Waals surface area contributed by atoms with Crippen LogP contribution in [0.5, 0.6) is 0 Å². The first-order valence-corrected chi connectivity index (χ1v) is 9.67. The normalized spacial score (nSPS) is 21.2. The third-order valence-corrected chi connectivity index (χ3v) is 5.62. The molecule has 0 amide bonds. The third kappa shape index (κ3) is 3.16. The zero-order valence-corrected chi connectivity index (χ0v) is 16.9. The van der Waals surface area contributed by atoms with Crippen LogP contribution in [0.25, 0.3) is 11.3 Å². The Morgan fingerprint density at radius 3 is 2.75 bits per heavy atom. The van der Waals surface area contributed by atoms with Gasteiger partial charge in [-0.1, -0.05) is 37.6 Å². The maximum atomic E-state index is 13.0. The summed E-state index contributed by atoms with van der Waals surface area (Å²) in [5.41, 5.74) is 3.62. The quantitative estimate of drug-likeness (QED) is 0.708. The predicted molar refractivity (Wildman–Crippen MR) is 108 cm³/mol. The van der Waals surface area contributed by atoms with Crippen molar-refractivity contribution in [2.24, 2.45) is 5.41 Å². The smallest absolute Gasteiger partial charge is 0.162 e. The number of halogens is 1. The summed E-state index contributed by atoms with van der Waals surface area (Å²) in [6.07, 6.45) is 1.23. The van der Waals surface area contributed by atoms with Crippen LogP contribution in [0.4, 0.5) is 0 Å². The number of hydrogen-bond acceptors (Lipinski definition) is 4. The monoisotopic (exact) mass is 392 g/mol. The number of rotatable bonds is 2. The second-order valence-corrected chi connectivity index (χ2v) is 8.69. The number of nitrogens with one attached hydrogen (secondary N) is 1. The van der Waals surface area contributed by atoms with E-state index in [1.807, 2.05) is 37.3 Å². The number of nitriles is 1. The van der Waals surface area contributed by atoms with Gasteiger partial charge in [-0.2, -0.15) is 5.26 Å². The highest BCUT2D eigenvalue weighted by Crippen LogP contribution is 2.47. The third-order valence-electron chi connectivity index (χ3n) is 5.38. The Balaban J connectivity index is 1.82. The Morgan fingerprint density at radius 1 is 1.25 bits per heavy atom. The molecule has 2 heterocycles. The summed E-state index contributed by atoms with van der Waals surface area (Å²) in [6.45, 7) is 6.06. The van der Waals surface area contributed by atoms with Gasteiger partial charge in [0, 0.05) is 34.0 Å². The first-order valence-electron chi connectivity index (χ1n) is 9.29. The van der Waals surface area contributed by atoms with Gasteiger partial charge in [-0.05, 0) is 43.0 Å². The fraction of sp³-hybridized carbons (Fsp3) is 0.304. The van der Waals surface area contributed by atoms with Crippen molar-refractivity contribution in [3.8, 4) is 17.4 Å². The molecule has 0 bridgehead atoms. The molecule has 1 aliphatic carbocycles. The summed E-state index contributed by atoms with van der Waals surface area (Å²) in [5.74, 6) is 0.868. The minimum atomic E-state index is -0.474. The van der Waals surface area contributed by atoms with E-state index in [2.05, 4.69) is 25.2 Å². The number of furan rings is 1. The van der Waals surface area contributed by atoms with Crippen molar-refractivity contribution in [3.05, 3.63) is 69.7 Å². The molecular weight excluding hydrogens is 372 g/mol. The van der Waals surface area contributed by atoms with Gasteiger partial charge in [0.05, 0.1) is 17.6 Å². The molecule has 142 valence electrons. The summed E-state index contributed by atoms with van der Waals surface area (Å²) in [4.78, 5) is 13.0. The predicted octanol–water partition coefficient (Wildman–Crippen LogP) is 5.73. The molecule has 0 saturated heterocycles. The summed E-state index contributed by atoms with van der Waals surface area (Å²) >= 11 is 6.10. The number of benzene rings is 1. The minimum Gasteiger partial charge on any atom is -0.460 e. The molecule has 0 spiro atoms. The lowest BCUT2D eigenvalue weighted by atomic mass is 9.70. The number of ketones is 1. The minimum absolute atomic E-state index is 0.0738. The number of Topliss-reactive ketones (excluding diaryl/α,β-unsaturated/α-hetero) is 1. The van der Waals surface area contributed by atoms with E-state index < -0.39 is 5.92 Å². The molecule has 5 heteroatoms. The van der Waals surface area contributed by atoms with Crippen LogP contribution in [0.1, 0.15) is 45.3 Å². The van der Waals surface area contributed by atoms with E-state index in [-0.39, 0.29) is 11.2 Å². The molecule has 2 aliphatic rings. The zero-order chi connectivity index (χ0) is 20.1. The number of carbonyl (C=O) groups excluding carboxylic acids is 1. The fourth-order valence-corrected chi connectivity index (χ4v) is 4.36. The van der Waals surface area contributed by atoms with Crippen molar-refractivity contribution in [2.45, 2.75) is 39.5 Å². The molecule has 2 aromatic rings. The molecule has 4 rings (SSSR count). The Labute approximate surface area is 169 Å². The average molecular weight is 393 g/mol. The van der Waals surface area contributed by atoms with Gasteiger partial charge in [0.25, 0.3) is 0 Å². The summed E-state index contributed by atoms with van der Waals surface area (Å²) < 4.78 is 6.14. The Hall–Kier alpha value is -2.77. The van der Waals surface area contributed by atoms with Gasteiger partial charge >= 0.3 is 0 Å². The van der Waals surface area contributed by atoms with E-state index >= 15 is 0 Å². The maximum absolute atomic E-state index is 13.0. The van der Waals surface area contributed by atoms with E-state index in [0.717, 1.165) is 23.4 Å². The summed E-state index contributed by atoms with van der Waals surface area (Å²) in [6, 6.07) is 13.4. The molecule has 0 radical (unpaired) electrons. The molecule has 1 N–H and O–H groups in total. The highest BCUT2D eigenvalue weighted by atomic mass is 35.5. The molecule has 4 nitrogen and oxygen atoms in total. The Bertz CT molecular complexity index is 1080. The summed E-state index contributed by atoms with van der Waals surface area (Å²) in [7, 11) is 0. The van der Waals surface area contributed by atoms with Gasteiger partial charge in [0.2, 0.25) is 0 Å². The van der Waals surface area contributed by atoms with E-state index in [4.69, 9.17) is 16.0 Å². The molecule has 1 aliphatic heterocycles. The van der Waals surface area contributed by atoms with Crippen LogP contribution >= 0.6 is 11.6 Å². The zero-order valence-electron chi connectivity index (χ0n) is 16.1. The van der Waals surface area contributed by atoms with Gasteiger partial charge in [0.15, 0.2) is 5.78 Å². The highest BCUT2D eigenvalue weighted by Gasteiger charge is 2.42. The van der Waals surface area contributed by atoms with E-state index in [9.17, 15) is 10.1 Å². The Kier molecular flexibility index (Phi) is 4.44. The number of hydrogen-bond donors (Lipinski definition) is 1. The molecule has 1 atom stereocenters. The van der Waals surface area contributed by atoms with Gasteiger partial charge in [0.1, 0.15) is 11.5 Å².